The molecule has 22 heavy (non-hydrogen) atoms. The van der Waals surface area contributed by atoms with Gasteiger partial charge in [-0.25, -0.2) is 0 Å². The van der Waals surface area contributed by atoms with Gasteiger partial charge in [0.25, 0.3) is 0 Å². The highest BCUT2D eigenvalue weighted by Gasteiger charge is 2.69. The Labute approximate surface area is 127 Å². The summed E-state index contributed by atoms with van der Waals surface area (Å²) >= 11 is 0. The molecule has 2 bridgehead atoms. The van der Waals surface area contributed by atoms with Crippen molar-refractivity contribution in [3.05, 3.63) is 35.4 Å². The van der Waals surface area contributed by atoms with E-state index in [9.17, 15) is 14.4 Å². The van der Waals surface area contributed by atoms with Crippen LogP contribution in [-0.4, -0.2) is 42.4 Å². The SMILES string of the molecule is COC(=O)C12Cc3ccccc3C(N1)C1C(=O)N(C)C(=O)C12. The van der Waals surface area contributed by atoms with E-state index in [1.807, 2.05) is 24.3 Å². The van der Waals surface area contributed by atoms with Gasteiger partial charge in [0.15, 0.2) is 0 Å². The third-order valence-electron chi connectivity index (χ3n) is 5.28. The fourth-order valence-electron chi connectivity index (χ4n) is 4.32. The Morgan fingerprint density at radius 2 is 2.05 bits per heavy atom. The fourth-order valence-corrected chi connectivity index (χ4v) is 4.32. The molecule has 2 saturated heterocycles. The number of imide groups is 1. The Kier molecular flexibility index (Phi) is 2.55. The number of hydrogen-bond acceptors (Lipinski definition) is 5. The van der Waals surface area contributed by atoms with E-state index in [2.05, 4.69) is 5.32 Å². The molecule has 3 aliphatic rings. The van der Waals surface area contributed by atoms with Crippen LogP contribution >= 0.6 is 0 Å². The minimum absolute atomic E-state index is 0.227. The maximum atomic E-state index is 12.6. The lowest BCUT2D eigenvalue weighted by atomic mass is 9.78. The summed E-state index contributed by atoms with van der Waals surface area (Å²) in [6, 6.07) is 7.38. The number of fused-ring (bicyclic) bond motifs is 7. The zero-order valence-electron chi connectivity index (χ0n) is 12.3. The van der Waals surface area contributed by atoms with Gasteiger partial charge in [-0.1, -0.05) is 24.3 Å². The van der Waals surface area contributed by atoms with E-state index in [1.54, 1.807) is 0 Å². The lowest BCUT2D eigenvalue weighted by molar-refractivity contribution is -0.154. The van der Waals surface area contributed by atoms with Crippen LogP contribution in [0, 0.1) is 11.8 Å². The van der Waals surface area contributed by atoms with Crippen molar-refractivity contribution in [2.24, 2.45) is 11.8 Å². The topological polar surface area (TPSA) is 75.7 Å². The van der Waals surface area contributed by atoms with Crippen molar-refractivity contribution >= 4 is 17.8 Å². The van der Waals surface area contributed by atoms with Crippen LogP contribution in [0.3, 0.4) is 0 Å². The summed E-state index contributed by atoms with van der Waals surface area (Å²) in [6.45, 7) is 0. The normalized spacial score (nSPS) is 35.4. The first-order valence-electron chi connectivity index (χ1n) is 7.26. The monoisotopic (exact) mass is 300 g/mol. The first-order valence-corrected chi connectivity index (χ1v) is 7.26. The predicted molar refractivity (Wildman–Crippen MR) is 75.5 cm³/mol. The van der Waals surface area contributed by atoms with E-state index in [1.165, 1.54) is 14.2 Å². The standard InChI is InChI=1S/C16H16N2O4/c1-18-13(19)10-11(14(18)20)16(15(21)22-2)7-8-5-3-4-6-9(8)12(10)17-16/h3-6,10-12,17H,7H2,1-2H3. The van der Waals surface area contributed by atoms with Gasteiger partial charge in [0, 0.05) is 19.5 Å². The molecule has 1 N–H and O–H groups in total. The Hall–Kier alpha value is -2.21. The second kappa shape index (κ2) is 4.16. The highest BCUT2D eigenvalue weighted by Crippen LogP contribution is 2.53. The molecule has 0 aliphatic carbocycles. The number of hydrogen-bond donors (Lipinski definition) is 1. The minimum Gasteiger partial charge on any atom is -0.468 e. The molecule has 0 aromatic heterocycles. The van der Waals surface area contributed by atoms with Gasteiger partial charge in [-0.05, 0) is 11.1 Å². The molecular formula is C16H16N2O4. The molecule has 0 saturated carbocycles. The third kappa shape index (κ3) is 1.36. The maximum absolute atomic E-state index is 12.6. The number of rotatable bonds is 1. The summed E-state index contributed by atoms with van der Waals surface area (Å²) in [5.41, 5.74) is 0.843. The number of amides is 2. The lowest BCUT2D eigenvalue weighted by Crippen LogP contribution is -2.59. The van der Waals surface area contributed by atoms with Gasteiger partial charge >= 0.3 is 5.97 Å². The van der Waals surface area contributed by atoms with Gasteiger partial charge in [-0.3, -0.25) is 24.6 Å². The largest absolute Gasteiger partial charge is 0.468 e. The van der Waals surface area contributed by atoms with E-state index in [0.29, 0.717) is 6.42 Å². The fraction of sp³-hybridized carbons (Fsp3) is 0.438. The molecule has 2 fully saturated rings. The molecule has 4 rings (SSSR count). The molecule has 4 atom stereocenters. The van der Waals surface area contributed by atoms with Gasteiger partial charge in [0.1, 0.15) is 5.54 Å². The number of nitrogens with one attached hydrogen (secondary N) is 1. The summed E-state index contributed by atoms with van der Waals surface area (Å²) in [6.07, 6.45) is 0.361. The molecule has 0 radical (unpaired) electrons. The van der Waals surface area contributed by atoms with Crippen LogP contribution < -0.4 is 5.32 Å². The molecule has 1 aromatic carbocycles. The summed E-state index contributed by atoms with van der Waals surface area (Å²) in [7, 11) is 2.79. The summed E-state index contributed by atoms with van der Waals surface area (Å²) < 4.78 is 4.97. The molecule has 3 heterocycles. The minimum atomic E-state index is -1.14. The number of esters is 1. The molecule has 1 aromatic rings. The molecule has 6 nitrogen and oxygen atoms in total. The van der Waals surface area contributed by atoms with Crippen molar-refractivity contribution in [2.45, 2.75) is 18.0 Å². The highest BCUT2D eigenvalue weighted by molar-refractivity contribution is 6.09. The maximum Gasteiger partial charge on any atom is 0.327 e. The second-order valence-electron chi connectivity index (χ2n) is 6.20. The quantitative estimate of drug-likeness (QED) is 0.585. The summed E-state index contributed by atoms with van der Waals surface area (Å²) in [5, 5.41) is 3.25. The lowest BCUT2D eigenvalue weighted by Gasteiger charge is -2.36. The van der Waals surface area contributed by atoms with Crippen molar-refractivity contribution in [2.75, 3.05) is 14.2 Å². The van der Waals surface area contributed by atoms with E-state index < -0.39 is 23.3 Å². The van der Waals surface area contributed by atoms with Crippen LogP contribution in [0.4, 0.5) is 0 Å². The first-order chi connectivity index (χ1) is 10.5. The summed E-state index contributed by atoms with van der Waals surface area (Å²) in [5.74, 6) is -2.25. The summed E-state index contributed by atoms with van der Waals surface area (Å²) in [4.78, 5) is 38.7. The smallest absolute Gasteiger partial charge is 0.327 e. The van der Waals surface area contributed by atoms with Gasteiger partial charge in [0.2, 0.25) is 11.8 Å². The third-order valence-corrected chi connectivity index (χ3v) is 5.28. The van der Waals surface area contributed by atoms with Crippen molar-refractivity contribution < 1.29 is 19.1 Å². The van der Waals surface area contributed by atoms with Crippen molar-refractivity contribution in [3.63, 3.8) is 0 Å². The van der Waals surface area contributed by atoms with E-state index >= 15 is 0 Å². The predicted octanol–water partition coefficient (Wildman–Crippen LogP) is 0.0298. The van der Waals surface area contributed by atoms with Crippen molar-refractivity contribution in [1.29, 1.82) is 0 Å². The Morgan fingerprint density at radius 1 is 1.32 bits per heavy atom. The van der Waals surface area contributed by atoms with Crippen LogP contribution in [0.5, 0.6) is 0 Å². The van der Waals surface area contributed by atoms with Gasteiger partial charge in [0.05, 0.1) is 18.9 Å². The molecular weight excluding hydrogens is 284 g/mol. The molecule has 114 valence electrons. The van der Waals surface area contributed by atoms with Crippen LogP contribution in [0.15, 0.2) is 24.3 Å². The Morgan fingerprint density at radius 3 is 2.77 bits per heavy atom. The van der Waals surface area contributed by atoms with Gasteiger partial charge in [-0.15, -0.1) is 0 Å². The zero-order chi connectivity index (χ0) is 15.6. The molecule has 0 spiro atoms. The first kappa shape index (κ1) is 13.5. The average Bonchev–Trinajstić information content (AvgIpc) is 2.94. The number of benzene rings is 1. The van der Waals surface area contributed by atoms with E-state index in [4.69, 9.17) is 4.74 Å². The van der Waals surface area contributed by atoms with Crippen molar-refractivity contribution in [3.8, 4) is 0 Å². The van der Waals surface area contributed by atoms with Crippen LogP contribution in [-0.2, 0) is 25.5 Å². The van der Waals surface area contributed by atoms with E-state index in [0.717, 1.165) is 16.0 Å². The molecule has 3 aliphatic heterocycles. The zero-order valence-corrected chi connectivity index (χ0v) is 12.3. The second-order valence-corrected chi connectivity index (χ2v) is 6.20. The molecule has 2 amide bonds. The number of nitrogens with zero attached hydrogens (tertiary/aromatic N) is 1. The molecule has 4 unspecified atom stereocenters. The Bertz CT molecular complexity index is 716. The average molecular weight is 300 g/mol. The molecule has 6 heteroatoms. The van der Waals surface area contributed by atoms with Crippen LogP contribution in [0.1, 0.15) is 17.2 Å². The number of likely N-dealkylation sites (tertiary alicyclic amines) is 1. The van der Waals surface area contributed by atoms with Crippen molar-refractivity contribution in [1.82, 2.24) is 10.2 Å². The van der Waals surface area contributed by atoms with E-state index in [-0.39, 0.29) is 17.9 Å². The number of carbonyl (C=O) groups excluding carboxylic acids is 3. The highest BCUT2D eigenvalue weighted by atomic mass is 16.5. The Balaban J connectivity index is 1.94. The van der Waals surface area contributed by atoms with Crippen LogP contribution in [0.25, 0.3) is 0 Å². The number of carbonyl (C=O) groups is 3. The van der Waals surface area contributed by atoms with Gasteiger partial charge < -0.3 is 4.74 Å². The number of ether oxygens (including phenoxy) is 1. The number of methoxy groups -OCH3 is 1. The van der Waals surface area contributed by atoms with Gasteiger partial charge in [-0.2, -0.15) is 0 Å². The van der Waals surface area contributed by atoms with Crippen LogP contribution in [0.2, 0.25) is 0 Å².